The predicted molar refractivity (Wildman–Crippen MR) is 126 cm³/mol. The number of benzene rings is 1. The number of ketones is 1. The smallest absolute Gasteiger partial charge is 0.309 e. The lowest BCUT2D eigenvalue weighted by Gasteiger charge is -2.26. The number of carbonyl (C=O) groups excluding carboxylic acids is 3. The van der Waals surface area contributed by atoms with E-state index in [0.29, 0.717) is 12.5 Å². The molecule has 1 aromatic carbocycles. The van der Waals surface area contributed by atoms with Gasteiger partial charge >= 0.3 is 11.9 Å². The molecular formula is C26H33NO7. The lowest BCUT2D eigenvalue weighted by Crippen LogP contribution is -2.29. The zero-order valence-corrected chi connectivity index (χ0v) is 20.6. The molecule has 0 radical (unpaired) electrons. The summed E-state index contributed by atoms with van der Waals surface area (Å²) in [7, 11) is 1.39. The Morgan fingerprint density at radius 1 is 1.00 bits per heavy atom. The standard InChI is InChI=1S/C26H33NO7/c1-16(2)15-32-24(20-10-8-7-9-11-20)18(4)33-26(30)17(3)14-21(29)23-25(34-19(5)28)22(31-6)12-13-27-23/h7-13,16-18,24H,14-15H2,1-6H3/t17-,18+,24+/m1/s1. The number of hydrogen-bond acceptors (Lipinski definition) is 8. The third-order valence-corrected chi connectivity index (χ3v) is 4.96. The summed E-state index contributed by atoms with van der Waals surface area (Å²) >= 11 is 0. The Kier molecular flexibility index (Phi) is 10.2. The minimum Gasteiger partial charge on any atom is -0.493 e. The quantitative estimate of drug-likeness (QED) is 0.328. The number of hydrogen-bond donors (Lipinski definition) is 0. The Balaban J connectivity index is 2.11. The van der Waals surface area contributed by atoms with Crippen molar-refractivity contribution >= 4 is 17.7 Å². The maximum Gasteiger partial charge on any atom is 0.309 e. The van der Waals surface area contributed by atoms with E-state index in [0.717, 1.165) is 5.56 Å². The summed E-state index contributed by atoms with van der Waals surface area (Å²) in [5.74, 6) is -1.93. The van der Waals surface area contributed by atoms with Crippen molar-refractivity contribution in [3.63, 3.8) is 0 Å². The van der Waals surface area contributed by atoms with E-state index in [4.69, 9.17) is 18.9 Å². The molecule has 0 N–H and O–H groups in total. The first-order chi connectivity index (χ1) is 16.1. The van der Waals surface area contributed by atoms with Gasteiger partial charge in [0.2, 0.25) is 5.75 Å². The minimum atomic E-state index is -0.755. The third kappa shape index (κ3) is 7.66. The molecule has 2 rings (SSSR count). The first kappa shape index (κ1) is 27.0. The molecule has 0 unspecified atom stereocenters. The van der Waals surface area contributed by atoms with Crippen LogP contribution in [0.25, 0.3) is 0 Å². The molecule has 0 bridgehead atoms. The fourth-order valence-electron chi connectivity index (χ4n) is 3.29. The molecule has 0 aliphatic heterocycles. The van der Waals surface area contributed by atoms with Gasteiger partial charge in [-0.25, -0.2) is 4.98 Å². The summed E-state index contributed by atoms with van der Waals surface area (Å²) < 4.78 is 22.1. The number of methoxy groups -OCH3 is 1. The Morgan fingerprint density at radius 3 is 2.26 bits per heavy atom. The van der Waals surface area contributed by atoms with Gasteiger partial charge in [-0.2, -0.15) is 0 Å². The van der Waals surface area contributed by atoms with Crippen LogP contribution in [0.5, 0.6) is 11.5 Å². The van der Waals surface area contributed by atoms with Gasteiger partial charge in [-0.05, 0) is 18.4 Å². The third-order valence-electron chi connectivity index (χ3n) is 4.96. The van der Waals surface area contributed by atoms with Gasteiger partial charge in [-0.15, -0.1) is 0 Å². The minimum absolute atomic E-state index is 0.0670. The lowest BCUT2D eigenvalue weighted by atomic mass is 10.0. The van der Waals surface area contributed by atoms with Crippen LogP contribution < -0.4 is 9.47 Å². The van der Waals surface area contributed by atoms with Gasteiger partial charge in [0.15, 0.2) is 17.2 Å². The van der Waals surface area contributed by atoms with E-state index >= 15 is 0 Å². The highest BCUT2D eigenvalue weighted by Crippen LogP contribution is 2.31. The summed E-state index contributed by atoms with van der Waals surface area (Å²) in [5, 5.41) is 0. The monoisotopic (exact) mass is 471 g/mol. The van der Waals surface area contributed by atoms with E-state index in [-0.39, 0.29) is 23.6 Å². The summed E-state index contributed by atoms with van der Waals surface area (Å²) in [6.45, 7) is 9.19. The number of ether oxygens (including phenoxy) is 4. The molecule has 8 nitrogen and oxygen atoms in total. The Bertz CT molecular complexity index is 974. The van der Waals surface area contributed by atoms with Crippen molar-refractivity contribution in [3.8, 4) is 11.5 Å². The van der Waals surface area contributed by atoms with Gasteiger partial charge in [0.05, 0.1) is 13.0 Å². The highest BCUT2D eigenvalue weighted by Gasteiger charge is 2.29. The molecule has 0 aliphatic carbocycles. The molecule has 0 spiro atoms. The number of Topliss-reactive ketones (excluding diaryl/α,β-unsaturated/α-hetero) is 1. The second kappa shape index (κ2) is 12.8. The van der Waals surface area contributed by atoms with E-state index in [1.807, 2.05) is 44.2 Å². The van der Waals surface area contributed by atoms with Crippen LogP contribution in [0.3, 0.4) is 0 Å². The van der Waals surface area contributed by atoms with E-state index in [1.54, 1.807) is 13.8 Å². The molecule has 3 atom stereocenters. The molecule has 0 saturated heterocycles. The van der Waals surface area contributed by atoms with Crippen molar-refractivity contribution in [2.45, 2.75) is 53.2 Å². The summed E-state index contributed by atoms with van der Waals surface area (Å²) in [4.78, 5) is 41.3. The average molecular weight is 472 g/mol. The van der Waals surface area contributed by atoms with Gasteiger partial charge in [-0.3, -0.25) is 14.4 Å². The van der Waals surface area contributed by atoms with Crippen molar-refractivity contribution in [2.24, 2.45) is 11.8 Å². The fraction of sp³-hybridized carbons (Fsp3) is 0.462. The lowest BCUT2D eigenvalue weighted by molar-refractivity contribution is -0.161. The molecule has 34 heavy (non-hydrogen) atoms. The van der Waals surface area contributed by atoms with Gasteiger partial charge in [-0.1, -0.05) is 51.1 Å². The molecule has 8 heteroatoms. The summed E-state index contributed by atoms with van der Waals surface area (Å²) in [6, 6.07) is 11.0. The van der Waals surface area contributed by atoms with Crippen LogP contribution in [0.1, 0.15) is 63.2 Å². The number of esters is 2. The van der Waals surface area contributed by atoms with Gasteiger partial charge in [0, 0.05) is 32.2 Å². The second-order valence-electron chi connectivity index (χ2n) is 8.51. The van der Waals surface area contributed by atoms with Crippen molar-refractivity contribution < 1.29 is 33.3 Å². The van der Waals surface area contributed by atoms with Crippen LogP contribution in [0.2, 0.25) is 0 Å². The van der Waals surface area contributed by atoms with Crippen LogP contribution in [-0.2, 0) is 19.1 Å². The Labute approximate surface area is 200 Å². The van der Waals surface area contributed by atoms with Crippen molar-refractivity contribution in [1.29, 1.82) is 0 Å². The Morgan fingerprint density at radius 2 is 1.68 bits per heavy atom. The molecular weight excluding hydrogens is 438 g/mol. The number of pyridine rings is 1. The zero-order chi connectivity index (χ0) is 25.3. The molecule has 184 valence electrons. The van der Waals surface area contributed by atoms with Crippen LogP contribution in [0.4, 0.5) is 0 Å². The molecule has 1 aromatic heterocycles. The fourth-order valence-corrected chi connectivity index (χ4v) is 3.29. The molecule has 1 heterocycles. The van der Waals surface area contributed by atoms with Gasteiger partial charge < -0.3 is 18.9 Å². The normalized spacial score (nSPS) is 13.6. The number of aromatic nitrogens is 1. The highest BCUT2D eigenvalue weighted by molar-refractivity contribution is 5.99. The first-order valence-corrected chi connectivity index (χ1v) is 11.3. The highest BCUT2D eigenvalue weighted by atomic mass is 16.6. The van der Waals surface area contributed by atoms with Crippen molar-refractivity contribution in [3.05, 3.63) is 53.9 Å². The SMILES string of the molecule is COc1ccnc(C(=O)C[C@@H](C)C(=O)O[C@@H](C)[C@H](OCC(C)C)c2ccccc2)c1OC(C)=O. The first-order valence-electron chi connectivity index (χ1n) is 11.3. The number of nitrogens with zero attached hydrogens (tertiary/aromatic N) is 1. The molecule has 0 amide bonds. The molecule has 0 saturated carbocycles. The topological polar surface area (TPSA) is 101 Å². The number of rotatable bonds is 12. The van der Waals surface area contributed by atoms with E-state index < -0.39 is 35.8 Å². The van der Waals surface area contributed by atoms with Crippen LogP contribution >= 0.6 is 0 Å². The zero-order valence-electron chi connectivity index (χ0n) is 20.6. The number of carbonyl (C=O) groups is 3. The largest absolute Gasteiger partial charge is 0.493 e. The van der Waals surface area contributed by atoms with E-state index in [1.165, 1.54) is 26.3 Å². The average Bonchev–Trinajstić information content (AvgIpc) is 2.79. The van der Waals surface area contributed by atoms with Crippen LogP contribution in [0.15, 0.2) is 42.6 Å². The van der Waals surface area contributed by atoms with Gasteiger partial charge in [0.1, 0.15) is 12.2 Å². The molecule has 0 aliphatic rings. The molecule has 0 fully saturated rings. The van der Waals surface area contributed by atoms with Gasteiger partial charge in [0.25, 0.3) is 0 Å². The summed E-state index contributed by atoms with van der Waals surface area (Å²) in [5.41, 5.74) is 0.823. The van der Waals surface area contributed by atoms with E-state index in [2.05, 4.69) is 4.98 Å². The van der Waals surface area contributed by atoms with E-state index in [9.17, 15) is 14.4 Å². The van der Waals surface area contributed by atoms with Crippen LogP contribution in [0, 0.1) is 11.8 Å². The predicted octanol–water partition coefficient (Wildman–Crippen LogP) is 4.57. The Hall–Kier alpha value is -3.26. The second-order valence-corrected chi connectivity index (χ2v) is 8.51. The maximum absolute atomic E-state index is 12.9. The maximum atomic E-state index is 12.9. The van der Waals surface area contributed by atoms with Crippen LogP contribution in [-0.4, -0.2) is 42.5 Å². The van der Waals surface area contributed by atoms with Crippen molar-refractivity contribution in [1.82, 2.24) is 4.98 Å². The van der Waals surface area contributed by atoms with Crippen molar-refractivity contribution in [2.75, 3.05) is 13.7 Å². The molecule has 2 aromatic rings. The summed E-state index contributed by atoms with van der Waals surface area (Å²) in [6.07, 6.45) is 0.188.